The van der Waals surface area contributed by atoms with Crippen LogP contribution in [-0.4, -0.2) is 48.6 Å². The van der Waals surface area contributed by atoms with E-state index in [4.69, 9.17) is 4.74 Å². The second-order valence-corrected chi connectivity index (χ2v) is 9.51. The highest BCUT2D eigenvalue weighted by atomic mass is 32.2. The fraction of sp³-hybridized carbons (Fsp3) is 0.500. The van der Waals surface area contributed by atoms with E-state index in [2.05, 4.69) is 10.4 Å². The minimum absolute atomic E-state index is 0.109. The molecule has 3 rings (SSSR count). The second-order valence-electron chi connectivity index (χ2n) is 7.58. The van der Waals surface area contributed by atoms with Crippen molar-refractivity contribution in [3.63, 3.8) is 0 Å². The van der Waals surface area contributed by atoms with Gasteiger partial charge in [0.05, 0.1) is 23.6 Å². The topological polar surface area (TPSA) is 93.5 Å². The van der Waals surface area contributed by atoms with Gasteiger partial charge in [0.1, 0.15) is 11.6 Å². The van der Waals surface area contributed by atoms with Crippen molar-refractivity contribution in [2.75, 3.05) is 25.5 Å². The quantitative estimate of drug-likeness (QED) is 0.776. The van der Waals surface area contributed by atoms with Crippen LogP contribution in [0.2, 0.25) is 0 Å². The molecular formula is C20H28N4O4S. The molecule has 2 aromatic rings. The van der Waals surface area contributed by atoms with Crippen molar-refractivity contribution in [1.29, 1.82) is 0 Å². The van der Waals surface area contributed by atoms with Gasteiger partial charge < -0.3 is 10.1 Å². The number of hydrogen-bond donors (Lipinski definition) is 1. The number of sulfonamides is 1. The third-order valence-electron chi connectivity index (χ3n) is 5.05. The third-order valence-corrected chi connectivity index (χ3v) is 6.93. The maximum Gasteiger partial charge on any atom is 0.243 e. The average Bonchev–Trinajstić information content (AvgIpc) is 3.08. The lowest BCUT2D eigenvalue weighted by Gasteiger charge is -2.31. The molecule has 1 atom stereocenters. The average molecular weight is 421 g/mol. The predicted molar refractivity (Wildman–Crippen MR) is 110 cm³/mol. The number of carbonyl (C=O) groups is 1. The molecule has 1 aromatic heterocycles. The number of nitrogens with zero attached hydrogens (tertiary/aromatic N) is 3. The molecule has 1 unspecified atom stereocenters. The van der Waals surface area contributed by atoms with Crippen molar-refractivity contribution >= 4 is 21.7 Å². The first-order chi connectivity index (χ1) is 13.7. The van der Waals surface area contributed by atoms with Gasteiger partial charge in [-0.2, -0.15) is 9.40 Å². The highest BCUT2D eigenvalue weighted by Crippen LogP contribution is 2.26. The number of aromatic nitrogens is 2. The number of nitrogens with one attached hydrogen (secondary N) is 1. The van der Waals surface area contributed by atoms with E-state index in [0.29, 0.717) is 31.0 Å². The molecule has 158 valence electrons. The van der Waals surface area contributed by atoms with Crippen LogP contribution in [0.5, 0.6) is 5.75 Å². The van der Waals surface area contributed by atoms with Gasteiger partial charge in [-0.25, -0.2) is 13.1 Å². The van der Waals surface area contributed by atoms with Crippen LogP contribution < -0.4 is 10.1 Å². The second kappa shape index (κ2) is 8.54. The van der Waals surface area contributed by atoms with Gasteiger partial charge in [-0.15, -0.1) is 0 Å². The van der Waals surface area contributed by atoms with Crippen molar-refractivity contribution in [2.24, 2.45) is 5.92 Å². The first-order valence-corrected chi connectivity index (χ1v) is 11.2. The Bertz CT molecular complexity index is 967. The maximum absolute atomic E-state index is 13.0. The van der Waals surface area contributed by atoms with E-state index in [1.54, 1.807) is 16.8 Å². The number of anilines is 1. The molecule has 1 fully saturated rings. The Morgan fingerprint density at radius 3 is 2.59 bits per heavy atom. The van der Waals surface area contributed by atoms with E-state index in [0.717, 1.165) is 5.69 Å². The number of carbonyl (C=O) groups excluding carboxylic acids is 1. The van der Waals surface area contributed by atoms with Gasteiger partial charge in [0.15, 0.2) is 0 Å². The minimum atomic E-state index is -3.66. The Hall–Kier alpha value is -2.39. The van der Waals surface area contributed by atoms with Gasteiger partial charge in [0.25, 0.3) is 0 Å². The first kappa shape index (κ1) is 21.3. The molecule has 0 radical (unpaired) electrons. The van der Waals surface area contributed by atoms with Crippen molar-refractivity contribution < 1.29 is 17.9 Å². The molecule has 1 amide bonds. The third kappa shape index (κ3) is 4.62. The summed E-state index contributed by atoms with van der Waals surface area (Å²) in [7, 11) is -2.13. The number of hydrogen-bond acceptors (Lipinski definition) is 5. The van der Waals surface area contributed by atoms with Crippen molar-refractivity contribution in [1.82, 2.24) is 14.1 Å². The molecule has 1 saturated heterocycles. The number of rotatable bonds is 6. The predicted octanol–water partition coefficient (Wildman–Crippen LogP) is 2.82. The van der Waals surface area contributed by atoms with Crippen LogP contribution in [0.1, 0.15) is 38.4 Å². The molecule has 0 spiro atoms. The summed E-state index contributed by atoms with van der Waals surface area (Å²) in [6.45, 7) is 6.42. The molecule has 0 aliphatic carbocycles. The summed E-state index contributed by atoms with van der Waals surface area (Å²) in [5.74, 6) is 0.642. The lowest BCUT2D eigenvalue weighted by atomic mass is 9.99. The smallest absolute Gasteiger partial charge is 0.243 e. The molecule has 1 aliphatic rings. The van der Waals surface area contributed by atoms with Crippen LogP contribution in [0.3, 0.4) is 0 Å². The van der Waals surface area contributed by atoms with E-state index in [-0.39, 0.29) is 23.4 Å². The Labute approximate surface area is 171 Å². The van der Waals surface area contributed by atoms with Crippen LogP contribution in [0, 0.1) is 12.8 Å². The van der Waals surface area contributed by atoms with Gasteiger partial charge in [-0.1, -0.05) is 0 Å². The molecule has 0 bridgehead atoms. The number of amides is 1. The standard InChI is InChI=1S/C20H28N4O4S/c1-14(2)24-19(12-15(3)22-24)21-20(25)16-6-5-11-23(13-16)29(26,27)18-9-7-17(28-4)8-10-18/h7-10,12,14,16H,5-6,11,13H2,1-4H3,(H,21,25). The Kier molecular flexibility index (Phi) is 6.28. The zero-order valence-corrected chi connectivity index (χ0v) is 18.1. The van der Waals surface area contributed by atoms with Crippen LogP contribution in [0.25, 0.3) is 0 Å². The fourth-order valence-corrected chi connectivity index (χ4v) is 5.03. The van der Waals surface area contributed by atoms with E-state index in [1.165, 1.54) is 23.5 Å². The Balaban J connectivity index is 1.73. The summed E-state index contributed by atoms with van der Waals surface area (Å²) < 4.78 is 34.3. The zero-order valence-electron chi connectivity index (χ0n) is 17.3. The van der Waals surface area contributed by atoms with Crippen molar-refractivity contribution in [3.05, 3.63) is 36.0 Å². The van der Waals surface area contributed by atoms with Crippen LogP contribution in [0.15, 0.2) is 35.2 Å². The van der Waals surface area contributed by atoms with Crippen LogP contribution in [0.4, 0.5) is 5.82 Å². The fourth-order valence-electron chi connectivity index (χ4n) is 3.50. The highest BCUT2D eigenvalue weighted by molar-refractivity contribution is 7.89. The molecule has 2 heterocycles. The van der Waals surface area contributed by atoms with E-state index >= 15 is 0 Å². The lowest BCUT2D eigenvalue weighted by Crippen LogP contribution is -2.43. The molecular weight excluding hydrogens is 392 g/mol. The van der Waals surface area contributed by atoms with E-state index in [9.17, 15) is 13.2 Å². The van der Waals surface area contributed by atoms with E-state index < -0.39 is 15.9 Å². The number of ether oxygens (including phenoxy) is 1. The Morgan fingerprint density at radius 2 is 1.97 bits per heavy atom. The molecule has 29 heavy (non-hydrogen) atoms. The Morgan fingerprint density at radius 1 is 1.28 bits per heavy atom. The summed E-state index contributed by atoms with van der Waals surface area (Å²) in [5.41, 5.74) is 0.821. The van der Waals surface area contributed by atoms with Gasteiger partial charge in [0.2, 0.25) is 15.9 Å². The summed E-state index contributed by atoms with van der Waals surface area (Å²) in [5, 5.41) is 7.33. The summed E-state index contributed by atoms with van der Waals surface area (Å²) in [4.78, 5) is 13.1. The molecule has 0 saturated carbocycles. The molecule has 9 heteroatoms. The largest absolute Gasteiger partial charge is 0.497 e. The summed E-state index contributed by atoms with van der Waals surface area (Å²) in [6.07, 6.45) is 1.28. The molecule has 1 N–H and O–H groups in total. The van der Waals surface area contributed by atoms with Gasteiger partial charge in [-0.3, -0.25) is 4.79 Å². The van der Waals surface area contributed by atoms with Gasteiger partial charge >= 0.3 is 0 Å². The summed E-state index contributed by atoms with van der Waals surface area (Å²) >= 11 is 0. The summed E-state index contributed by atoms with van der Waals surface area (Å²) in [6, 6.07) is 8.24. The number of benzene rings is 1. The van der Waals surface area contributed by atoms with Crippen molar-refractivity contribution in [2.45, 2.75) is 44.6 Å². The van der Waals surface area contributed by atoms with Crippen LogP contribution >= 0.6 is 0 Å². The molecule has 8 nitrogen and oxygen atoms in total. The minimum Gasteiger partial charge on any atom is -0.497 e. The van der Waals surface area contributed by atoms with Gasteiger partial charge in [0, 0.05) is 25.2 Å². The van der Waals surface area contributed by atoms with Crippen molar-refractivity contribution in [3.8, 4) is 5.75 Å². The number of methoxy groups -OCH3 is 1. The first-order valence-electron chi connectivity index (χ1n) is 9.73. The maximum atomic E-state index is 13.0. The molecule has 1 aromatic carbocycles. The normalized spacial score (nSPS) is 18.0. The van der Waals surface area contributed by atoms with E-state index in [1.807, 2.05) is 26.8 Å². The zero-order chi connectivity index (χ0) is 21.2. The SMILES string of the molecule is COc1ccc(S(=O)(=O)N2CCCC(C(=O)Nc3cc(C)nn3C(C)C)C2)cc1. The van der Waals surface area contributed by atoms with Gasteiger partial charge in [-0.05, 0) is 57.9 Å². The number of piperidine rings is 1. The van der Waals surface area contributed by atoms with Crippen LogP contribution in [-0.2, 0) is 14.8 Å². The lowest BCUT2D eigenvalue weighted by molar-refractivity contribution is -0.120. The highest BCUT2D eigenvalue weighted by Gasteiger charge is 2.33. The number of aryl methyl sites for hydroxylation is 1. The molecule has 1 aliphatic heterocycles. The monoisotopic (exact) mass is 420 g/mol.